The van der Waals surface area contributed by atoms with Gasteiger partial charge in [0.05, 0.1) is 11.8 Å². The molecule has 118 valence electrons. The number of carboxylic acids is 1. The molecular formula is C15H24N2O4. The molecule has 1 aliphatic heterocycles. The van der Waals surface area contributed by atoms with Gasteiger partial charge in [-0.3, -0.25) is 14.4 Å². The molecule has 0 spiro atoms. The Hall–Kier alpha value is -1.59. The summed E-state index contributed by atoms with van der Waals surface area (Å²) >= 11 is 0. The third-order valence-corrected chi connectivity index (χ3v) is 4.85. The first-order valence-electron chi connectivity index (χ1n) is 7.60. The maximum Gasteiger partial charge on any atom is 0.307 e. The largest absolute Gasteiger partial charge is 0.481 e. The highest BCUT2D eigenvalue weighted by molar-refractivity contribution is 5.91. The van der Waals surface area contributed by atoms with Crippen LogP contribution in [0.15, 0.2) is 0 Å². The molecule has 2 fully saturated rings. The summed E-state index contributed by atoms with van der Waals surface area (Å²) in [7, 11) is 0. The van der Waals surface area contributed by atoms with E-state index in [0.717, 1.165) is 12.8 Å². The molecule has 0 radical (unpaired) electrons. The van der Waals surface area contributed by atoms with E-state index in [2.05, 4.69) is 5.32 Å². The Morgan fingerprint density at radius 3 is 2.19 bits per heavy atom. The van der Waals surface area contributed by atoms with Crippen LogP contribution in [0.25, 0.3) is 0 Å². The van der Waals surface area contributed by atoms with Gasteiger partial charge in [0.1, 0.15) is 0 Å². The van der Waals surface area contributed by atoms with Gasteiger partial charge in [0.15, 0.2) is 0 Å². The molecule has 6 heteroatoms. The van der Waals surface area contributed by atoms with Gasteiger partial charge in [0.2, 0.25) is 11.8 Å². The predicted molar refractivity (Wildman–Crippen MR) is 76.4 cm³/mol. The third-order valence-electron chi connectivity index (χ3n) is 4.85. The zero-order valence-corrected chi connectivity index (χ0v) is 12.9. The molecular weight excluding hydrogens is 272 g/mol. The summed E-state index contributed by atoms with van der Waals surface area (Å²) in [6, 6.07) is 0.129. The van der Waals surface area contributed by atoms with Gasteiger partial charge in [0.25, 0.3) is 0 Å². The lowest BCUT2D eigenvalue weighted by atomic mass is 10.0. The van der Waals surface area contributed by atoms with Crippen molar-refractivity contribution in [2.24, 2.45) is 17.3 Å². The summed E-state index contributed by atoms with van der Waals surface area (Å²) in [6.45, 7) is 6.67. The van der Waals surface area contributed by atoms with E-state index < -0.39 is 23.2 Å². The molecule has 1 heterocycles. The minimum atomic E-state index is -0.886. The summed E-state index contributed by atoms with van der Waals surface area (Å²) in [5, 5.41) is 12.1. The quantitative estimate of drug-likeness (QED) is 0.805. The average molecular weight is 296 g/mol. The van der Waals surface area contributed by atoms with Gasteiger partial charge in [-0.25, -0.2) is 0 Å². The Bertz CT molecular complexity index is 453. The van der Waals surface area contributed by atoms with Crippen LogP contribution < -0.4 is 5.32 Å². The predicted octanol–water partition coefficient (Wildman–Crippen LogP) is 0.860. The van der Waals surface area contributed by atoms with Crippen molar-refractivity contribution in [1.29, 1.82) is 0 Å². The molecule has 2 N–H and O–H groups in total. The number of carboxylic acid groups (broad SMARTS) is 1. The zero-order valence-electron chi connectivity index (χ0n) is 12.9. The fraction of sp³-hybridized carbons (Fsp3) is 0.800. The molecule has 0 aromatic rings. The van der Waals surface area contributed by atoms with Crippen LogP contribution in [-0.4, -0.2) is 46.9 Å². The van der Waals surface area contributed by atoms with Crippen molar-refractivity contribution in [2.75, 3.05) is 13.1 Å². The molecule has 0 aromatic heterocycles. The summed E-state index contributed by atoms with van der Waals surface area (Å²) in [6.07, 6.45) is 1.94. The molecule has 6 nitrogen and oxygen atoms in total. The number of amides is 2. The van der Waals surface area contributed by atoms with Crippen LogP contribution in [0.5, 0.6) is 0 Å². The van der Waals surface area contributed by atoms with Crippen molar-refractivity contribution in [1.82, 2.24) is 10.2 Å². The molecule has 1 aliphatic carbocycles. The van der Waals surface area contributed by atoms with E-state index in [-0.39, 0.29) is 17.9 Å². The van der Waals surface area contributed by atoms with Crippen LogP contribution in [0.1, 0.15) is 40.0 Å². The van der Waals surface area contributed by atoms with Crippen molar-refractivity contribution in [3.05, 3.63) is 0 Å². The standard InChI is InChI=1S/C15H24N2O4/c1-4-10(18)16-9-5-7-17(8-6-9)13(19)11-12(14(20)21)15(11,2)3/h9,11-12H,4-8H2,1-3H3,(H,16,18)(H,20,21). The number of nitrogens with one attached hydrogen (secondary N) is 1. The summed E-state index contributed by atoms with van der Waals surface area (Å²) in [4.78, 5) is 36.7. The molecule has 1 saturated carbocycles. The topological polar surface area (TPSA) is 86.7 Å². The second kappa shape index (κ2) is 5.66. The van der Waals surface area contributed by atoms with E-state index in [1.807, 2.05) is 20.8 Å². The van der Waals surface area contributed by atoms with Gasteiger partial charge in [-0.05, 0) is 18.3 Å². The fourth-order valence-electron chi connectivity index (χ4n) is 3.33. The van der Waals surface area contributed by atoms with E-state index in [0.29, 0.717) is 19.5 Å². The van der Waals surface area contributed by atoms with E-state index in [9.17, 15) is 14.4 Å². The van der Waals surface area contributed by atoms with E-state index in [1.54, 1.807) is 4.90 Å². The van der Waals surface area contributed by atoms with Crippen LogP contribution in [0.2, 0.25) is 0 Å². The number of piperidine rings is 1. The monoisotopic (exact) mass is 296 g/mol. The van der Waals surface area contributed by atoms with E-state index in [4.69, 9.17) is 5.11 Å². The highest BCUT2D eigenvalue weighted by Gasteiger charge is 2.66. The lowest BCUT2D eigenvalue weighted by Gasteiger charge is -2.32. The number of carbonyl (C=O) groups excluding carboxylic acids is 2. The SMILES string of the molecule is CCC(=O)NC1CCN(C(=O)C2C(C(=O)O)C2(C)C)CC1. The first-order chi connectivity index (χ1) is 9.78. The fourth-order valence-corrected chi connectivity index (χ4v) is 3.33. The van der Waals surface area contributed by atoms with Gasteiger partial charge in [-0.1, -0.05) is 20.8 Å². The maximum absolute atomic E-state index is 12.5. The Balaban J connectivity index is 1.87. The zero-order chi connectivity index (χ0) is 15.8. The molecule has 2 atom stereocenters. The number of carbonyl (C=O) groups is 3. The molecule has 2 unspecified atom stereocenters. The van der Waals surface area contributed by atoms with Gasteiger partial charge >= 0.3 is 5.97 Å². The highest BCUT2D eigenvalue weighted by atomic mass is 16.4. The lowest BCUT2D eigenvalue weighted by molar-refractivity contribution is -0.142. The molecule has 21 heavy (non-hydrogen) atoms. The van der Waals surface area contributed by atoms with Crippen molar-refractivity contribution in [3.8, 4) is 0 Å². The second-order valence-electron chi connectivity index (χ2n) is 6.64. The van der Waals surface area contributed by atoms with Crippen LogP contribution >= 0.6 is 0 Å². The minimum absolute atomic E-state index is 0.0362. The Morgan fingerprint density at radius 2 is 1.76 bits per heavy atom. The number of aliphatic carboxylic acids is 1. The van der Waals surface area contributed by atoms with Crippen LogP contribution in [0.4, 0.5) is 0 Å². The van der Waals surface area contributed by atoms with Crippen LogP contribution in [0.3, 0.4) is 0 Å². The van der Waals surface area contributed by atoms with E-state index in [1.165, 1.54) is 0 Å². The van der Waals surface area contributed by atoms with Crippen LogP contribution in [-0.2, 0) is 14.4 Å². The van der Waals surface area contributed by atoms with Crippen molar-refractivity contribution in [3.63, 3.8) is 0 Å². The molecule has 0 bridgehead atoms. The van der Waals surface area contributed by atoms with Gasteiger partial charge in [0, 0.05) is 25.6 Å². The highest BCUT2D eigenvalue weighted by Crippen LogP contribution is 2.59. The first-order valence-corrected chi connectivity index (χ1v) is 7.60. The average Bonchev–Trinajstić information content (AvgIpc) is 3.01. The van der Waals surface area contributed by atoms with Crippen molar-refractivity contribution < 1.29 is 19.5 Å². The van der Waals surface area contributed by atoms with Crippen LogP contribution in [0, 0.1) is 17.3 Å². The van der Waals surface area contributed by atoms with Crippen molar-refractivity contribution >= 4 is 17.8 Å². The minimum Gasteiger partial charge on any atom is -0.481 e. The number of rotatable bonds is 4. The lowest BCUT2D eigenvalue weighted by Crippen LogP contribution is -2.47. The number of likely N-dealkylation sites (tertiary alicyclic amines) is 1. The Morgan fingerprint density at radius 1 is 1.19 bits per heavy atom. The van der Waals surface area contributed by atoms with Gasteiger partial charge in [-0.15, -0.1) is 0 Å². The normalized spacial score (nSPS) is 28.0. The first kappa shape index (κ1) is 15.8. The van der Waals surface area contributed by atoms with Gasteiger partial charge < -0.3 is 15.3 Å². The molecule has 2 rings (SSSR count). The summed E-state index contributed by atoms with van der Waals surface area (Å²) in [5.41, 5.74) is -0.448. The molecule has 0 aromatic carbocycles. The van der Waals surface area contributed by atoms with E-state index >= 15 is 0 Å². The summed E-state index contributed by atoms with van der Waals surface area (Å²) in [5.74, 6) is -1.87. The third kappa shape index (κ3) is 3.04. The number of hydrogen-bond acceptors (Lipinski definition) is 3. The number of hydrogen-bond donors (Lipinski definition) is 2. The van der Waals surface area contributed by atoms with Gasteiger partial charge in [-0.2, -0.15) is 0 Å². The number of nitrogens with zero attached hydrogens (tertiary/aromatic N) is 1. The van der Waals surface area contributed by atoms with Crippen molar-refractivity contribution in [2.45, 2.75) is 46.1 Å². The molecule has 1 saturated heterocycles. The molecule has 2 amide bonds. The molecule has 2 aliphatic rings. The Labute approximate surface area is 124 Å². The summed E-state index contributed by atoms with van der Waals surface area (Å²) < 4.78 is 0. The smallest absolute Gasteiger partial charge is 0.307 e. The second-order valence-corrected chi connectivity index (χ2v) is 6.64. The Kier molecular flexibility index (Phi) is 4.25. The maximum atomic E-state index is 12.5.